The van der Waals surface area contributed by atoms with Crippen LogP contribution >= 0.6 is 0 Å². The first-order chi connectivity index (χ1) is 21.0. The molecule has 14 nitrogen and oxygen atoms in total. The molecule has 232 valence electrons. The third-order valence-corrected chi connectivity index (χ3v) is 7.44. The van der Waals surface area contributed by atoms with Crippen LogP contribution in [0.1, 0.15) is 62.1 Å². The predicted molar refractivity (Wildman–Crippen MR) is 156 cm³/mol. The van der Waals surface area contributed by atoms with Crippen LogP contribution in [0.4, 0.5) is 0 Å². The zero-order chi connectivity index (χ0) is 33.9. The number of primary amides is 2. The Hall–Kier alpha value is -6.35. The Bertz CT molecular complexity index is 1640. The van der Waals surface area contributed by atoms with Gasteiger partial charge in [0, 0.05) is 11.1 Å². The third-order valence-electron chi connectivity index (χ3n) is 5.66. The van der Waals surface area contributed by atoms with Crippen molar-refractivity contribution in [3.8, 4) is 0 Å². The van der Waals surface area contributed by atoms with Gasteiger partial charge in [-0.25, -0.2) is 27.6 Å². The Kier molecular flexibility index (Phi) is 11.8. The summed E-state index contributed by atoms with van der Waals surface area (Å²) in [5, 5.41) is 34.5. The van der Waals surface area contributed by atoms with Gasteiger partial charge >= 0.3 is 23.9 Å². The zero-order valence-corrected chi connectivity index (χ0v) is 23.7. The minimum atomic E-state index is -3.81. The highest BCUT2D eigenvalue weighted by Crippen LogP contribution is 2.21. The van der Waals surface area contributed by atoms with Crippen LogP contribution in [0.25, 0.3) is 0 Å². The first-order valence-corrected chi connectivity index (χ1v) is 13.7. The zero-order valence-electron chi connectivity index (χ0n) is 22.9. The molecule has 0 saturated heterocycles. The highest BCUT2D eigenvalue weighted by atomic mass is 32.2. The number of hydrogen-bond acceptors (Lipinski definition) is 8. The van der Waals surface area contributed by atoms with Crippen molar-refractivity contribution in [2.75, 3.05) is 0 Å². The van der Waals surface area contributed by atoms with Crippen LogP contribution in [0.15, 0.2) is 107 Å². The summed E-state index contributed by atoms with van der Waals surface area (Å²) in [7, 11) is -3.81. The summed E-state index contributed by atoms with van der Waals surface area (Å²) < 4.78 is 24.6. The largest absolute Gasteiger partial charge is 0.478 e. The maximum Gasteiger partial charge on any atom is 0.335 e. The molecule has 0 aliphatic heterocycles. The second-order valence-electron chi connectivity index (χ2n) is 8.66. The number of carboxylic acids is 4. The van der Waals surface area contributed by atoms with Crippen molar-refractivity contribution in [2.24, 2.45) is 11.5 Å². The SMILES string of the molecule is NC(=O)c1ccc(C(=O)O)cc1.NC(=O)c1ccc(C(=O)O)cc1.O=C(O)c1ccc(S(=O)(=O)c2ccc(C(=O)O)cc2)cc1. The number of nitrogens with two attached hydrogens (primary N) is 2. The van der Waals surface area contributed by atoms with Gasteiger partial charge in [-0.3, -0.25) is 9.59 Å². The molecule has 0 aliphatic rings. The highest BCUT2D eigenvalue weighted by molar-refractivity contribution is 7.91. The molecular formula is C30H24N2O12S. The number of carbonyl (C=O) groups is 6. The van der Waals surface area contributed by atoms with Crippen molar-refractivity contribution in [3.05, 3.63) is 130 Å². The standard InChI is InChI=1S/C14H10O6S.2C8H7NO3/c15-13(16)9-1-5-11(6-2-9)21(19,20)12-7-3-10(4-8-12)14(17)18;2*9-7(10)5-1-3-6(4-2-5)8(11)12/h1-8H,(H,15,16)(H,17,18);2*1-4H,(H2,9,10)(H,11,12). The number of sulfone groups is 1. The van der Waals surface area contributed by atoms with Gasteiger partial charge in [-0.1, -0.05) is 0 Å². The monoisotopic (exact) mass is 636 g/mol. The third kappa shape index (κ3) is 9.86. The molecule has 45 heavy (non-hydrogen) atoms. The number of carboxylic acid groups (broad SMARTS) is 4. The first-order valence-electron chi connectivity index (χ1n) is 12.2. The van der Waals surface area contributed by atoms with E-state index in [1.165, 1.54) is 97.1 Å². The molecule has 4 rings (SSSR count). The second-order valence-corrected chi connectivity index (χ2v) is 10.6. The molecule has 0 spiro atoms. The van der Waals surface area contributed by atoms with E-state index in [1.54, 1.807) is 0 Å². The van der Waals surface area contributed by atoms with Crippen LogP contribution < -0.4 is 11.5 Å². The Morgan fingerprint density at radius 2 is 0.556 bits per heavy atom. The summed E-state index contributed by atoms with van der Waals surface area (Å²) >= 11 is 0. The minimum Gasteiger partial charge on any atom is -0.478 e. The molecule has 0 saturated carbocycles. The van der Waals surface area contributed by atoms with E-state index >= 15 is 0 Å². The summed E-state index contributed by atoms with van der Waals surface area (Å²) in [6.07, 6.45) is 0. The van der Waals surface area contributed by atoms with Crippen LogP contribution in [-0.2, 0) is 9.84 Å². The number of carbonyl (C=O) groups excluding carboxylic acids is 2. The first kappa shape index (κ1) is 34.8. The molecule has 0 heterocycles. The van der Waals surface area contributed by atoms with E-state index in [4.69, 9.17) is 31.9 Å². The van der Waals surface area contributed by atoms with Gasteiger partial charge in [-0.15, -0.1) is 0 Å². The number of hydrogen-bond donors (Lipinski definition) is 6. The van der Waals surface area contributed by atoms with Crippen LogP contribution in [0.3, 0.4) is 0 Å². The van der Waals surface area contributed by atoms with Gasteiger partial charge in [-0.2, -0.15) is 0 Å². The van der Waals surface area contributed by atoms with Crippen molar-refractivity contribution in [1.82, 2.24) is 0 Å². The molecule has 0 atom stereocenters. The van der Waals surface area contributed by atoms with Crippen molar-refractivity contribution in [1.29, 1.82) is 0 Å². The summed E-state index contributed by atoms with van der Waals surface area (Å²) in [5.41, 5.74) is 10.8. The maximum absolute atomic E-state index is 12.3. The number of amides is 2. The van der Waals surface area contributed by atoms with E-state index in [9.17, 15) is 37.2 Å². The van der Waals surface area contributed by atoms with Gasteiger partial charge in [0.1, 0.15) is 0 Å². The number of rotatable bonds is 8. The van der Waals surface area contributed by atoms with Gasteiger partial charge in [0.15, 0.2) is 0 Å². The molecule has 0 aromatic heterocycles. The molecule has 8 N–H and O–H groups in total. The van der Waals surface area contributed by atoms with Gasteiger partial charge in [0.25, 0.3) is 0 Å². The topological polar surface area (TPSA) is 270 Å². The van der Waals surface area contributed by atoms with E-state index in [1.807, 2.05) is 0 Å². The molecule has 4 aromatic carbocycles. The molecule has 0 fully saturated rings. The van der Waals surface area contributed by atoms with Gasteiger partial charge < -0.3 is 31.9 Å². The summed E-state index contributed by atoms with van der Waals surface area (Å²) in [5.74, 6) is -5.47. The molecule has 4 aromatic rings. The van der Waals surface area contributed by atoms with Gasteiger partial charge in [0.05, 0.1) is 32.0 Å². The summed E-state index contributed by atoms with van der Waals surface area (Å²) in [6.45, 7) is 0. The van der Waals surface area contributed by atoms with Crippen LogP contribution in [0, 0.1) is 0 Å². The summed E-state index contributed by atoms with van der Waals surface area (Å²) in [4.78, 5) is 63.2. The van der Waals surface area contributed by atoms with Gasteiger partial charge in [-0.05, 0) is 97.1 Å². The summed E-state index contributed by atoms with van der Waals surface area (Å²) in [6, 6.07) is 20.4. The van der Waals surface area contributed by atoms with E-state index in [0.29, 0.717) is 11.1 Å². The molecular weight excluding hydrogens is 612 g/mol. The van der Waals surface area contributed by atoms with E-state index in [2.05, 4.69) is 0 Å². The van der Waals surface area contributed by atoms with Crippen molar-refractivity contribution in [2.45, 2.75) is 9.79 Å². The van der Waals surface area contributed by atoms with Crippen molar-refractivity contribution < 1.29 is 57.6 Å². The van der Waals surface area contributed by atoms with E-state index < -0.39 is 45.5 Å². The van der Waals surface area contributed by atoms with Gasteiger partial charge in [0.2, 0.25) is 21.7 Å². The molecule has 0 aliphatic carbocycles. The Morgan fingerprint density at radius 1 is 0.378 bits per heavy atom. The quantitative estimate of drug-likeness (QED) is 0.163. The molecule has 0 unspecified atom stereocenters. The van der Waals surface area contributed by atoms with E-state index in [-0.39, 0.29) is 32.0 Å². The lowest BCUT2D eigenvalue weighted by Gasteiger charge is -2.05. The maximum atomic E-state index is 12.3. The fourth-order valence-electron chi connectivity index (χ4n) is 3.24. The van der Waals surface area contributed by atoms with Crippen LogP contribution in [0.2, 0.25) is 0 Å². The Morgan fingerprint density at radius 3 is 0.733 bits per heavy atom. The minimum absolute atomic E-state index is 0.0184. The Balaban J connectivity index is 0.000000252. The fraction of sp³-hybridized carbons (Fsp3) is 0. The normalized spacial score (nSPS) is 10.1. The van der Waals surface area contributed by atoms with E-state index in [0.717, 1.165) is 0 Å². The average Bonchev–Trinajstić information content (AvgIpc) is 3.01. The smallest absolute Gasteiger partial charge is 0.335 e. The second kappa shape index (κ2) is 15.2. The lowest BCUT2D eigenvalue weighted by atomic mass is 10.1. The average molecular weight is 637 g/mol. The Labute approximate surface area is 254 Å². The van der Waals surface area contributed by atoms with Crippen LogP contribution in [0.5, 0.6) is 0 Å². The predicted octanol–water partition coefficient (Wildman–Crippen LogP) is 2.88. The van der Waals surface area contributed by atoms with Crippen molar-refractivity contribution >= 4 is 45.5 Å². The fourth-order valence-corrected chi connectivity index (χ4v) is 4.50. The highest BCUT2D eigenvalue weighted by Gasteiger charge is 2.18. The molecule has 0 radical (unpaired) electrons. The molecule has 15 heteroatoms. The van der Waals surface area contributed by atoms with Crippen molar-refractivity contribution in [3.63, 3.8) is 0 Å². The molecule has 2 amide bonds. The lowest BCUT2D eigenvalue weighted by Crippen LogP contribution is -2.10. The molecule has 0 bridgehead atoms. The lowest BCUT2D eigenvalue weighted by molar-refractivity contribution is 0.0686. The van der Waals surface area contributed by atoms with Crippen LogP contribution in [-0.4, -0.2) is 64.5 Å². The number of aromatic carboxylic acids is 4. The number of benzene rings is 4.